The molecule has 0 aromatic heterocycles. The summed E-state index contributed by atoms with van der Waals surface area (Å²) in [4.78, 5) is 12.4. The molecule has 0 saturated heterocycles. The molecule has 2 aromatic carbocycles. The molecule has 2 aromatic rings. The predicted octanol–water partition coefficient (Wildman–Crippen LogP) is 5.19. The average molecular weight is 311 g/mol. The first-order chi connectivity index (χ1) is 10.9. The highest BCUT2D eigenvalue weighted by Gasteiger charge is 2.17. The lowest BCUT2D eigenvalue weighted by molar-refractivity contribution is 0.102. The molecule has 0 unspecified atom stereocenters. The number of hydrogen-bond acceptors (Lipinski definition) is 2. The van der Waals surface area contributed by atoms with Crippen LogP contribution in [0, 0.1) is 0 Å². The second-order valence-corrected chi connectivity index (χ2v) is 6.32. The Kier molecular flexibility index (Phi) is 5.43. The molecule has 0 radical (unpaired) electrons. The summed E-state index contributed by atoms with van der Waals surface area (Å²) in [5.41, 5.74) is 3.69. The van der Waals surface area contributed by atoms with E-state index >= 15 is 0 Å². The Labute approximate surface area is 138 Å². The van der Waals surface area contributed by atoms with Crippen LogP contribution in [-0.4, -0.2) is 13.0 Å². The maximum atomic E-state index is 12.4. The summed E-state index contributed by atoms with van der Waals surface area (Å²) in [5, 5.41) is 3.01. The number of hydrogen-bond donors (Lipinski definition) is 1. The minimum Gasteiger partial charge on any atom is -0.496 e. The minimum absolute atomic E-state index is 0.0971. The summed E-state index contributed by atoms with van der Waals surface area (Å²) in [5.74, 6) is 1.46. The van der Waals surface area contributed by atoms with Crippen LogP contribution in [-0.2, 0) is 0 Å². The van der Waals surface area contributed by atoms with Gasteiger partial charge in [0.2, 0.25) is 0 Å². The van der Waals surface area contributed by atoms with Crippen LogP contribution in [0.2, 0.25) is 0 Å². The summed E-state index contributed by atoms with van der Waals surface area (Å²) in [6.07, 6.45) is 0. The molecule has 23 heavy (non-hydrogen) atoms. The van der Waals surface area contributed by atoms with Gasteiger partial charge in [-0.15, -0.1) is 0 Å². The third-order valence-corrected chi connectivity index (χ3v) is 3.89. The fourth-order valence-corrected chi connectivity index (χ4v) is 2.63. The van der Waals surface area contributed by atoms with Gasteiger partial charge >= 0.3 is 0 Å². The van der Waals surface area contributed by atoms with E-state index in [2.05, 4.69) is 33.0 Å². The lowest BCUT2D eigenvalue weighted by Crippen LogP contribution is -2.13. The maximum absolute atomic E-state index is 12.4. The molecule has 0 atom stereocenters. The Morgan fingerprint density at radius 1 is 0.957 bits per heavy atom. The summed E-state index contributed by atoms with van der Waals surface area (Å²) >= 11 is 0. The number of ether oxygens (including phenoxy) is 1. The number of carbonyl (C=O) groups excluding carboxylic acids is 1. The zero-order valence-electron chi connectivity index (χ0n) is 14.5. The predicted molar refractivity (Wildman–Crippen MR) is 95.6 cm³/mol. The first kappa shape index (κ1) is 17.1. The van der Waals surface area contributed by atoms with Crippen molar-refractivity contribution in [2.45, 2.75) is 39.5 Å². The second kappa shape index (κ2) is 7.32. The Hall–Kier alpha value is -2.29. The number of anilines is 1. The van der Waals surface area contributed by atoms with Gasteiger partial charge in [0.25, 0.3) is 5.91 Å². The van der Waals surface area contributed by atoms with Gasteiger partial charge in [-0.3, -0.25) is 4.79 Å². The molecule has 0 bridgehead atoms. The van der Waals surface area contributed by atoms with Gasteiger partial charge in [0.1, 0.15) is 5.75 Å². The van der Waals surface area contributed by atoms with Crippen LogP contribution in [0.1, 0.15) is 61.0 Å². The Balaban J connectivity index is 2.41. The zero-order chi connectivity index (χ0) is 17.0. The third kappa shape index (κ3) is 3.92. The molecule has 2 rings (SSSR count). The molecule has 0 aliphatic heterocycles. The van der Waals surface area contributed by atoms with Gasteiger partial charge in [-0.05, 0) is 47.2 Å². The first-order valence-corrected chi connectivity index (χ1v) is 8.02. The van der Waals surface area contributed by atoms with Crippen LogP contribution >= 0.6 is 0 Å². The normalized spacial score (nSPS) is 10.9. The number of nitrogens with one attached hydrogen (secondary N) is 1. The van der Waals surface area contributed by atoms with Crippen molar-refractivity contribution in [3.05, 3.63) is 59.2 Å². The van der Waals surface area contributed by atoms with Gasteiger partial charge in [-0.25, -0.2) is 0 Å². The lowest BCUT2D eigenvalue weighted by atomic mass is 9.93. The molecular weight excluding hydrogens is 286 g/mol. The van der Waals surface area contributed by atoms with Crippen LogP contribution in [0.5, 0.6) is 5.75 Å². The number of benzene rings is 2. The van der Waals surface area contributed by atoms with Crippen LogP contribution < -0.4 is 10.1 Å². The van der Waals surface area contributed by atoms with Gasteiger partial charge in [0, 0.05) is 11.3 Å². The number of rotatable bonds is 5. The van der Waals surface area contributed by atoms with Crippen molar-refractivity contribution < 1.29 is 9.53 Å². The largest absolute Gasteiger partial charge is 0.496 e. The van der Waals surface area contributed by atoms with E-state index in [1.165, 1.54) is 0 Å². The van der Waals surface area contributed by atoms with Gasteiger partial charge in [0.15, 0.2) is 0 Å². The van der Waals surface area contributed by atoms with E-state index in [1.807, 2.05) is 42.5 Å². The van der Waals surface area contributed by atoms with E-state index in [4.69, 9.17) is 4.74 Å². The van der Waals surface area contributed by atoms with E-state index in [1.54, 1.807) is 7.11 Å². The number of amides is 1. The van der Waals surface area contributed by atoms with Gasteiger partial charge < -0.3 is 10.1 Å². The molecule has 3 nitrogen and oxygen atoms in total. The van der Waals surface area contributed by atoms with Gasteiger partial charge in [-0.1, -0.05) is 45.9 Å². The molecule has 3 heteroatoms. The molecular formula is C20H25NO2. The summed E-state index contributed by atoms with van der Waals surface area (Å²) in [7, 11) is 1.70. The fraction of sp³-hybridized carbons (Fsp3) is 0.350. The first-order valence-electron chi connectivity index (χ1n) is 8.02. The molecule has 122 valence electrons. The molecule has 0 saturated carbocycles. The van der Waals surface area contributed by atoms with E-state index in [0.717, 1.165) is 22.6 Å². The molecule has 0 heterocycles. The summed E-state index contributed by atoms with van der Waals surface area (Å²) < 4.78 is 5.63. The van der Waals surface area contributed by atoms with Gasteiger partial charge in [-0.2, -0.15) is 0 Å². The summed E-state index contributed by atoms with van der Waals surface area (Å²) in [6, 6.07) is 13.3. The van der Waals surface area contributed by atoms with Crippen molar-refractivity contribution in [1.29, 1.82) is 0 Å². The van der Waals surface area contributed by atoms with Crippen molar-refractivity contribution in [2.75, 3.05) is 12.4 Å². The van der Waals surface area contributed by atoms with Crippen molar-refractivity contribution >= 4 is 11.6 Å². The highest BCUT2D eigenvalue weighted by atomic mass is 16.5. The van der Waals surface area contributed by atoms with Gasteiger partial charge in [0.05, 0.1) is 7.11 Å². The molecule has 1 N–H and O–H groups in total. The fourth-order valence-electron chi connectivity index (χ4n) is 2.63. The zero-order valence-corrected chi connectivity index (χ0v) is 14.5. The SMILES string of the molecule is COc1c(C(C)C)cc(NC(=O)c2ccccc2)cc1C(C)C. The number of methoxy groups -OCH3 is 1. The van der Waals surface area contributed by atoms with Crippen LogP contribution in [0.25, 0.3) is 0 Å². The van der Waals surface area contributed by atoms with Crippen molar-refractivity contribution in [3.63, 3.8) is 0 Å². The summed E-state index contributed by atoms with van der Waals surface area (Å²) in [6.45, 7) is 8.52. The topological polar surface area (TPSA) is 38.3 Å². The van der Waals surface area contributed by atoms with E-state index < -0.39 is 0 Å². The van der Waals surface area contributed by atoms with Crippen molar-refractivity contribution in [1.82, 2.24) is 0 Å². The monoisotopic (exact) mass is 311 g/mol. The van der Waals surface area contributed by atoms with Crippen molar-refractivity contribution in [2.24, 2.45) is 0 Å². The highest BCUT2D eigenvalue weighted by Crippen LogP contribution is 2.37. The van der Waals surface area contributed by atoms with Crippen LogP contribution in [0.3, 0.4) is 0 Å². The molecule has 1 amide bonds. The third-order valence-electron chi connectivity index (χ3n) is 3.89. The van der Waals surface area contributed by atoms with E-state index in [-0.39, 0.29) is 5.91 Å². The minimum atomic E-state index is -0.0971. The Bertz CT molecular complexity index is 646. The highest BCUT2D eigenvalue weighted by molar-refractivity contribution is 6.04. The van der Waals surface area contributed by atoms with E-state index in [9.17, 15) is 4.79 Å². The second-order valence-electron chi connectivity index (χ2n) is 6.32. The Morgan fingerprint density at radius 2 is 1.48 bits per heavy atom. The molecule has 0 fully saturated rings. The molecule has 0 aliphatic rings. The quantitative estimate of drug-likeness (QED) is 0.824. The van der Waals surface area contributed by atoms with Crippen LogP contribution in [0.15, 0.2) is 42.5 Å². The number of carbonyl (C=O) groups is 1. The maximum Gasteiger partial charge on any atom is 0.255 e. The average Bonchev–Trinajstić information content (AvgIpc) is 2.54. The van der Waals surface area contributed by atoms with E-state index in [0.29, 0.717) is 17.4 Å². The molecule has 0 spiro atoms. The lowest BCUT2D eigenvalue weighted by Gasteiger charge is -2.20. The Morgan fingerprint density at radius 3 is 1.91 bits per heavy atom. The molecule has 0 aliphatic carbocycles. The van der Waals surface area contributed by atoms with Crippen LogP contribution in [0.4, 0.5) is 5.69 Å². The smallest absolute Gasteiger partial charge is 0.255 e. The van der Waals surface area contributed by atoms with Crippen molar-refractivity contribution in [3.8, 4) is 5.75 Å². The standard InChI is InChI=1S/C20H25NO2/c1-13(2)17-11-16(12-18(14(3)4)19(17)23-5)21-20(22)15-9-7-6-8-10-15/h6-14H,1-5H3,(H,21,22).